The Kier molecular flexibility index (Phi) is 11.5. The number of likely N-dealkylation sites (tertiary alicyclic amines) is 2. The standard InChI is InChI=1S/C21H17FN4O4.C20H16FN5O3.H3N/c1-25-9-7-21(29,20(25)28)6-5-13-10-14(22)12-15(11-13)26-18-16(4-3-8-23-18)17(24-26)19(27)30-2;1-25-8-6-20(29,19(25)28)5-4-12-9-13(21)11-14(10-12)26-18-15(3-2-7-23-18)16(24-26)17(22)27;/h3-4,8,10-12,29H,7,9H2,1-2H3;2-3,7,9-11,29H,6,8H2,1H3,(H2,22,27);1H3/t21-;20-;/m00./s1. The number of halogens is 2. The summed E-state index contributed by atoms with van der Waals surface area (Å²) in [6.45, 7) is 0.777. The Morgan fingerprint density at radius 2 is 1.18 bits per heavy atom. The van der Waals surface area contributed by atoms with Crippen molar-refractivity contribution >= 4 is 45.8 Å². The summed E-state index contributed by atoms with van der Waals surface area (Å²) in [5.41, 5.74) is 3.55. The van der Waals surface area contributed by atoms with E-state index >= 15 is 0 Å². The first-order valence-electron chi connectivity index (χ1n) is 17.8. The summed E-state index contributed by atoms with van der Waals surface area (Å²) in [6.07, 6.45) is 3.39. The molecule has 2 atom stereocenters. The molecule has 3 amide bonds. The summed E-state index contributed by atoms with van der Waals surface area (Å²) in [5.74, 6) is 6.89. The second-order valence-electron chi connectivity index (χ2n) is 13.7. The number of nitrogens with zero attached hydrogens (tertiary/aromatic N) is 8. The first kappa shape index (κ1) is 42.0. The molecular formula is C41H36F2N10O7. The fraction of sp³-hybridized carbons (Fsp3) is 0.220. The maximum atomic E-state index is 14.3. The van der Waals surface area contributed by atoms with Crippen LogP contribution in [0.4, 0.5) is 8.78 Å². The van der Waals surface area contributed by atoms with Crippen LogP contribution in [0.25, 0.3) is 33.4 Å². The number of methoxy groups -OCH3 is 1. The maximum Gasteiger partial charge on any atom is 0.359 e. The van der Waals surface area contributed by atoms with Gasteiger partial charge >= 0.3 is 5.97 Å². The SMILES string of the molecule is CN1CC[C@@](O)(C#Cc2cc(F)cc(-n3nc(C(N)=O)c4cccnc43)c2)C1=O.COC(=O)c1nn(-c2cc(F)cc(C#C[C@]3(O)CCN(C)C3=O)c2)c2ncccc12.N. The fourth-order valence-corrected chi connectivity index (χ4v) is 6.52. The molecule has 7 N–H and O–H groups in total. The van der Waals surface area contributed by atoms with Crippen molar-refractivity contribution in [2.75, 3.05) is 34.3 Å². The third-order valence-electron chi connectivity index (χ3n) is 9.60. The average Bonchev–Trinajstić information content (AvgIpc) is 3.95. The minimum Gasteiger partial charge on any atom is -0.464 e. The maximum absolute atomic E-state index is 14.3. The Balaban J connectivity index is 0.000000198. The lowest BCUT2D eigenvalue weighted by molar-refractivity contribution is -0.138. The van der Waals surface area contributed by atoms with Gasteiger partial charge < -0.3 is 36.6 Å². The highest BCUT2D eigenvalue weighted by Crippen LogP contribution is 2.26. The van der Waals surface area contributed by atoms with E-state index in [0.29, 0.717) is 35.2 Å². The van der Waals surface area contributed by atoms with Crippen molar-refractivity contribution in [3.05, 3.63) is 107 Å². The number of hydrogen-bond acceptors (Lipinski definition) is 12. The van der Waals surface area contributed by atoms with Gasteiger partial charge in [-0.3, -0.25) is 14.4 Å². The van der Waals surface area contributed by atoms with Gasteiger partial charge in [-0.2, -0.15) is 10.2 Å². The molecule has 0 unspecified atom stereocenters. The average molecular weight is 819 g/mol. The van der Waals surface area contributed by atoms with Crippen LogP contribution in [0.2, 0.25) is 0 Å². The van der Waals surface area contributed by atoms with Crippen LogP contribution in [0, 0.1) is 35.3 Å². The molecule has 60 heavy (non-hydrogen) atoms. The van der Waals surface area contributed by atoms with Crippen LogP contribution in [-0.2, 0) is 14.3 Å². The molecule has 0 saturated carbocycles. The topological polar surface area (TPSA) is 247 Å². The van der Waals surface area contributed by atoms with Crippen molar-refractivity contribution in [1.29, 1.82) is 0 Å². The van der Waals surface area contributed by atoms with E-state index < -0.39 is 46.5 Å². The Labute approximate surface area is 339 Å². The summed E-state index contributed by atoms with van der Waals surface area (Å²) in [6, 6.07) is 14.4. The molecule has 2 fully saturated rings. The third-order valence-corrected chi connectivity index (χ3v) is 9.60. The zero-order chi connectivity index (χ0) is 42.2. The van der Waals surface area contributed by atoms with Gasteiger partial charge in [-0.25, -0.2) is 32.9 Å². The number of ether oxygens (including phenoxy) is 1. The highest BCUT2D eigenvalue weighted by molar-refractivity contribution is 6.03. The second-order valence-corrected chi connectivity index (χ2v) is 13.7. The van der Waals surface area contributed by atoms with Gasteiger partial charge in [-0.15, -0.1) is 0 Å². The van der Waals surface area contributed by atoms with Gasteiger partial charge in [0, 0.05) is 63.5 Å². The van der Waals surface area contributed by atoms with Crippen molar-refractivity contribution in [3.8, 4) is 35.1 Å². The molecule has 2 aliphatic rings. The van der Waals surface area contributed by atoms with Crippen LogP contribution in [-0.4, -0.2) is 119 Å². The van der Waals surface area contributed by atoms with Gasteiger partial charge in [-0.1, -0.05) is 23.7 Å². The van der Waals surface area contributed by atoms with Crippen LogP contribution in [0.1, 0.15) is 44.9 Å². The van der Waals surface area contributed by atoms with Crippen molar-refractivity contribution < 1.29 is 42.9 Å². The number of amides is 3. The highest BCUT2D eigenvalue weighted by Gasteiger charge is 2.43. The number of aliphatic hydroxyl groups is 2. The quantitative estimate of drug-likeness (QED) is 0.148. The molecular weight excluding hydrogens is 783 g/mol. The van der Waals surface area contributed by atoms with E-state index in [-0.39, 0.29) is 52.9 Å². The summed E-state index contributed by atoms with van der Waals surface area (Å²) >= 11 is 0. The molecule has 0 aliphatic carbocycles. The number of carbonyl (C=O) groups excluding carboxylic acids is 4. The molecule has 17 nitrogen and oxygen atoms in total. The Hall–Kier alpha value is -7.58. The Morgan fingerprint density at radius 1 is 0.750 bits per heavy atom. The van der Waals surface area contributed by atoms with Crippen molar-refractivity contribution in [2.45, 2.75) is 24.0 Å². The van der Waals surface area contributed by atoms with Crippen LogP contribution in [0.3, 0.4) is 0 Å². The van der Waals surface area contributed by atoms with Crippen molar-refractivity contribution in [1.82, 2.24) is 45.5 Å². The monoisotopic (exact) mass is 818 g/mol. The number of fused-ring (bicyclic) bond motifs is 2. The number of hydrogen-bond donors (Lipinski definition) is 4. The molecule has 6 heterocycles. The van der Waals surface area contributed by atoms with E-state index in [1.165, 1.54) is 75.1 Å². The minimum atomic E-state index is -1.79. The first-order chi connectivity index (χ1) is 28.1. The van der Waals surface area contributed by atoms with Gasteiger partial charge in [0.2, 0.25) is 11.2 Å². The Bertz CT molecular complexity index is 2860. The predicted molar refractivity (Wildman–Crippen MR) is 211 cm³/mol. The first-order valence-corrected chi connectivity index (χ1v) is 17.8. The number of esters is 1. The number of aromatic nitrogens is 6. The smallest absolute Gasteiger partial charge is 0.359 e. The van der Waals surface area contributed by atoms with Crippen molar-refractivity contribution in [2.24, 2.45) is 5.73 Å². The van der Waals surface area contributed by atoms with Crippen LogP contribution >= 0.6 is 0 Å². The Morgan fingerprint density at radius 3 is 1.58 bits per heavy atom. The largest absolute Gasteiger partial charge is 0.464 e. The predicted octanol–water partition coefficient (Wildman–Crippen LogP) is 2.06. The summed E-state index contributed by atoms with van der Waals surface area (Å²) in [7, 11) is 4.40. The number of nitrogens with two attached hydrogens (primary N) is 1. The summed E-state index contributed by atoms with van der Waals surface area (Å²) < 4.78 is 36.0. The van der Waals surface area contributed by atoms with Gasteiger partial charge in [0.1, 0.15) is 11.6 Å². The van der Waals surface area contributed by atoms with Gasteiger partial charge in [-0.05, 0) is 60.7 Å². The molecule has 19 heteroatoms. The van der Waals surface area contributed by atoms with Crippen LogP contribution < -0.4 is 11.9 Å². The van der Waals surface area contributed by atoms with Gasteiger partial charge in [0.15, 0.2) is 22.7 Å². The van der Waals surface area contributed by atoms with Gasteiger partial charge in [0.05, 0.1) is 29.3 Å². The van der Waals surface area contributed by atoms with E-state index in [0.717, 1.165) is 0 Å². The van der Waals surface area contributed by atoms with E-state index in [2.05, 4.69) is 43.8 Å². The number of carbonyl (C=O) groups is 4. The van der Waals surface area contributed by atoms with Gasteiger partial charge in [0.25, 0.3) is 17.7 Å². The molecule has 0 bridgehead atoms. The number of rotatable bonds is 4. The molecule has 6 aromatic rings. The molecule has 2 aliphatic heterocycles. The highest BCUT2D eigenvalue weighted by atomic mass is 19.1. The number of likely N-dealkylation sites (N-methyl/N-ethyl adjacent to an activating group) is 2. The molecule has 306 valence electrons. The van der Waals surface area contributed by atoms with E-state index in [4.69, 9.17) is 10.5 Å². The number of benzene rings is 2. The third kappa shape index (κ3) is 7.95. The number of primary amides is 1. The molecule has 2 saturated heterocycles. The zero-order valence-corrected chi connectivity index (χ0v) is 32.3. The normalized spacial score (nSPS) is 18.2. The molecule has 8 rings (SSSR count). The minimum absolute atomic E-state index is 0. The molecule has 0 spiro atoms. The van der Waals surface area contributed by atoms with E-state index in [1.807, 2.05) is 0 Å². The zero-order valence-electron chi connectivity index (χ0n) is 32.3. The molecule has 0 radical (unpaired) electrons. The lowest BCUT2D eigenvalue weighted by Gasteiger charge is -2.13. The molecule has 4 aromatic heterocycles. The van der Waals surface area contributed by atoms with Crippen LogP contribution in [0.5, 0.6) is 0 Å². The lowest BCUT2D eigenvalue weighted by Crippen LogP contribution is -2.37. The fourth-order valence-electron chi connectivity index (χ4n) is 6.52. The summed E-state index contributed by atoms with van der Waals surface area (Å²) in [4.78, 5) is 59.1. The summed E-state index contributed by atoms with van der Waals surface area (Å²) in [5, 5.41) is 30.2. The van der Waals surface area contributed by atoms with E-state index in [9.17, 15) is 38.2 Å². The van der Waals surface area contributed by atoms with Crippen LogP contribution in [0.15, 0.2) is 73.1 Å². The van der Waals surface area contributed by atoms with E-state index in [1.54, 1.807) is 38.4 Å². The number of pyridine rings is 2. The van der Waals surface area contributed by atoms with Crippen molar-refractivity contribution in [3.63, 3.8) is 0 Å². The second kappa shape index (κ2) is 16.3. The molecule has 2 aromatic carbocycles. The lowest BCUT2D eigenvalue weighted by atomic mass is 10.0.